The van der Waals surface area contributed by atoms with Gasteiger partial charge < -0.3 is 30.3 Å². The van der Waals surface area contributed by atoms with Crippen LogP contribution in [0.1, 0.15) is 38.0 Å². The number of anilines is 1. The van der Waals surface area contributed by atoms with Crippen molar-refractivity contribution in [2.45, 2.75) is 39.0 Å². The summed E-state index contributed by atoms with van der Waals surface area (Å²) < 4.78 is 10.6. The number of hydrogen-bond donors (Lipinski definition) is 4. The predicted octanol–water partition coefficient (Wildman–Crippen LogP) is 3.44. The number of aliphatic hydroxyl groups excluding tert-OH is 1. The smallest absolute Gasteiger partial charge is 0.161 e. The Morgan fingerprint density at radius 1 is 1.00 bits per heavy atom. The fraction of sp³-hybridized carbons (Fsp3) is 0.429. The second-order valence-electron chi connectivity index (χ2n) is 7.47. The number of nitrogens with one attached hydrogen (secondary N) is 2. The number of phenolic OH excluding ortho intramolecular Hbond substituents is 1. The van der Waals surface area contributed by atoms with Crippen molar-refractivity contribution in [2.75, 3.05) is 26.1 Å². The van der Waals surface area contributed by atoms with Crippen LogP contribution < -0.4 is 20.1 Å². The maximum Gasteiger partial charge on any atom is 0.161 e. The van der Waals surface area contributed by atoms with E-state index in [9.17, 15) is 10.2 Å². The number of ether oxygens (including phenoxy) is 2. The first kappa shape index (κ1) is 20.9. The molecule has 0 saturated carbocycles. The lowest BCUT2D eigenvalue weighted by Crippen LogP contribution is -2.38. The molecular formula is C21H30N2O4. The normalized spacial score (nSPS) is 12.5. The van der Waals surface area contributed by atoms with Crippen LogP contribution in [0.4, 0.5) is 5.69 Å². The topological polar surface area (TPSA) is 83.0 Å². The van der Waals surface area contributed by atoms with Gasteiger partial charge in [0, 0.05) is 18.6 Å². The van der Waals surface area contributed by atoms with Crippen molar-refractivity contribution in [1.29, 1.82) is 0 Å². The first-order valence-electron chi connectivity index (χ1n) is 8.94. The van der Waals surface area contributed by atoms with Crippen LogP contribution in [0.15, 0.2) is 36.4 Å². The summed E-state index contributed by atoms with van der Waals surface area (Å²) in [6.45, 7) is 7.07. The molecule has 27 heavy (non-hydrogen) atoms. The van der Waals surface area contributed by atoms with Gasteiger partial charge in [-0.2, -0.15) is 0 Å². The third-order valence-corrected chi connectivity index (χ3v) is 4.16. The Balaban J connectivity index is 2.08. The maximum absolute atomic E-state index is 10.4. The predicted molar refractivity (Wildman–Crippen MR) is 108 cm³/mol. The highest BCUT2D eigenvalue weighted by molar-refractivity contribution is 5.58. The van der Waals surface area contributed by atoms with Crippen LogP contribution in [0, 0.1) is 0 Å². The zero-order valence-electron chi connectivity index (χ0n) is 16.7. The molecule has 0 heterocycles. The van der Waals surface area contributed by atoms with Crippen LogP contribution in [0.3, 0.4) is 0 Å². The van der Waals surface area contributed by atoms with Gasteiger partial charge in [0.05, 0.1) is 26.0 Å². The summed E-state index contributed by atoms with van der Waals surface area (Å²) in [7, 11) is 3.19. The van der Waals surface area contributed by atoms with Crippen LogP contribution >= 0.6 is 0 Å². The molecular weight excluding hydrogens is 344 g/mol. The Hall–Kier alpha value is -2.44. The van der Waals surface area contributed by atoms with Gasteiger partial charge in [-0.25, -0.2) is 0 Å². The van der Waals surface area contributed by atoms with Crippen molar-refractivity contribution in [3.05, 3.63) is 47.5 Å². The molecule has 0 aliphatic carbocycles. The second kappa shape index (κ2) is 8.97. The quantitative estimate of drug-likeness (QED) is 0.530. The zero-order chi connectivity index (χ0) is 20.0. The summed E-state index contributed by atoms with van der Waals surface area (Å²) in [5, 5.41) is 27.0. The van der Waals surface area contributed by atoms with E-state index in [-0.39, 0.29) is 11.3 Å². The van der Waals surface area contributed by atoms with Crippen molar-refractivity contribution >= 4 is 5.69 Å². The molecule has 6 nitrogen and oxygen atoms in total. The molecule has 4 N–H and O–H groups in total. The van der Waals surface area contributed by atoms with E-state index < -0.39 is 6.10 Å². The third-order valence-electron chi connectivity index (χ3n) is 4.16. The first-order chi connectivity index (χ1) is 12.7. The van der Waals surface area contributed by atoms with Crippen molar-refractivity contribution in [3.63, 3.8) is 0 Å². The molecule has 148 valence electrons. The van der Waals surface area contributed by atoms with E-state index in [2.05, 4.69) is 10.6 Å². The van der Waals surface area contributed by atoms with E-state index in [1.807, 2.05) is 39.0 Å². The molecule has 2 rings (SSSR count). The van der Waals surface area contributed by atoms with Gasteiger partial charge in [0.25, 0.3) is 0 Å². The van der Waals surface area contributed by atoms with Crippen LogP contribution in [-0.2, 0) is 6.54 Å². The Kier molecular flexibility index (Phi) is 6.93. The lowest BCUT2D eigenvalue weighted by molar-refractivity contribution is 0.163. The number of aromatic hydroxyl groups is 1. The molecule has 0 saturated heterocycles. The minimum atomic E-state index is -0.661. The number of benzene rings is 2. The number of rotatable bonds is 8. The Labute approximate surface area is 161 Å². The van der Waals surface area contributed by atoms with Crippen LogP contribution in [-0.4, -0.2) is 36.5 Å². The fourth-order valence-electron chi connectivity index (χ4n) is 2.61. The summed E-state index contributed by atoms with van der Waals surface area (Å²) in [5.41, 5.74) is 2.20. The van der Waals surface area contributed by atoms with Crippen LogP contribution in [0.25, 0.3) is 0 Å². The van der Waals surface area contributed by atoms with Crippen LogP contribution in [0.2, 0.25) is 0 Å². The molecule has 2 aromatic rings. The van der Waals surface area contributed by atoms with Crippen molar-refractivity contribution in [3.8, 4) is 17.2 Å². The number of hydrogen-bond acceptors (Lipinski definition) is 6. The van der Waals surface area contributed by atoms with Gasteiger partial charge in [0.1, 0.15) is 5.75 Å². The summed E-state index contributed by atoms with van der Waals surface area (Å²) in [6.07, 6.45) is -0.661. The molecule has 0 aliphatic heterocycles. The molecule has 2 aromatic carbocycles. The molecule has 0 aliphatic rings. The molecule has 0 amide bonds. The second-order valence-corrected chi connectivity index (χ2v) is 7.47. The van der Waals surface area contributed by atoms with Gasteiger partial charge in [-0.15, -0.1) is 0 Å². The minimum Gasteiger partial charge on any atom is -0.506 e. The molecule has 1 atom stereocenters. The molecule has 6 heteroatoms. The summed E-state index contributed by atoms with van der Waals surface area (Å²) in [4.78, 5) is 0. The molecule has 0 bridgehead atoms. The van der Waals surface area contributed by atoms with E-state index in [0.29, 0.717) is 30.3 Å². The SMILES string of the molecule is COc1ccc(CNc2cc(C(O)CNC(C)(C)C)ccc2O)cc1OC. The molecule has 0 fully saturated rings. The van der Waals surface area contributed by atoms with Gasteiger partial charge in [-0.1, -0.05) is 12.1 Å². The largest absolute Gasteiger partial charge is 0.506 e. The van der Waals surface area contributed by atoms with E-state index in [1.54, 1.807) is 32.4 Å². The van der Waals surface area contributed by atoms with Crippen molar-refractivity contribution in [1.82, 2.24) is 5.32 Å². The van der Waals surface area contributed by atoms with E-state index in [0.717, 1.165) is 11.1 Å². The Bertz CT molecular complexity index is 756. The number of aliphatic hydroxyl groups is 1. The monoisotopic (exact) mass is 374 g/mol. The average Bonchev–Trinajstić information content (AvgIpc) is 2.64. The number of methoxy groups -OCH3 is 2. The lowest BCUT2D eigenvalue weighted by Gasteiger charge is -2.23. The lowest BCUT2D eigenvalue weighted by atomic mass is 10.1. The maximum atomic E-state index is 10.4. The van der Waals surface area contributed by atoms with E-state index in [4.69, 9.17) is 9.47 Å². The average molecular weight is 374 g/mol. The van der Waals surface area contributed by atoms with E-state index in [1.165, 1.54) is 0 Å². The van der Waals surface area contributed by atoms with Gasteiger partial charge in [0.15, 0.2) is 11.5 Å². The fourth-order valence-corrected chi connectivity index (χ4v) is 2.61. The summed E-state index contributed by atoms with van der Waals surface area (Å²) >= 11 is 0. The highest BCUT2D eigenvalue weighted by Crippen LogP contribution is 2.30. The van der Waals surface area contributed by atoms with Crippen LogP contribution in [0.5, 0.6) is 17.2 Å². The minimum absolute atomic E-state index is 0.0770. The Morgan fingerprint density at radius 3 is 2.33 bits per heavy atom. The van der Waals surface area contributed by atoms with Gasteiger partial charge in [-0.3, -0.25) is 0 Å². The summed E-state index contributed by atoms with van der Waals surface area (Å²) in [6, 6.07) is 10.7. The van der Waals surface area contributed by atoms with Crippen molar-refractivity contribution < 1.29 is 19.7 Å². The number of phenols is 1. The van der Waals surface area contributed by atoms with Gasteiger partial charge in [0.2, 0.25) is 0 Å². The standard InChI is InChI=1S/C21H30N2O4/c1-21(2,3)23-13-18(25)15-7-8-17(24)16(11-15)22-12-14-6-9-19(26-4)20(10-14)27-5/h6-11,18,22-25H,12-13H2,1-5H3. The molecule has 0 aromatic heterocycles. The van der Waals surface area contributed by atoms with Crippen molar-refractivity contribution in [2.24, 2.45) is 0 Å². The Morgan fingerprint density at radius 2 is 1.70 bits per heavy atom. The first-order valence-corrected chi connectivity index (χ1v) is 8.94. The van der Waals surface area contributed by atoms with Gasteiger partial charge >= 0.3 is 0 Å². The highest BCUT2D eigenvalue weighted by Gasteiger charge is 2.15. The van der Waals surface area contributed by atoms with E-state index >= 15 is 0 Å². The zero-order valence-corrected chi connectivity index (χ0v) is 16.7. The van der Waals surface area contributed by atoms with Gasteiger partial charge in [-0.05, 0) is 56.2 Å². The molecule has 0 spiro atoms. The highest BCUT2D eigenvalue weighted by atomic mass is 16.5. The third kappa shape index (κ3) is 6.05. The molecule has 0 radical (unpaired) electrons. The number of β-amino-alcohol motifs (C(OH)–C–C–N with tert-alkyl or cyclic N) is 1. The summed E-state index contributed by atoms with van der Waals surface area (Å²) in [5.74, 6) is 1.45. The molecule has 1 unspecified atom stereocenters.